The van der Waals surface area contributed by atoms with Crippen molar-refractivity contribution in [2.45, 2.75) is 30.6 Å². The van der Waals surface area contributed by atoms with Gasteiger partial charge in [0.2, 0.25) is 0 Å². The van der Waals surface area contributed by atoms with Gasteiger partial charge in [0, 0.05) is 19.3 Å². The molecular formula is C16H17FN4O5S2. The maximum atomic E-state index is 14.3. The van der Waals surface area contributed by atoms with Crippen molar-refractivity contribution in [3.8, 4) is 0 Å². The lowest BCUT2D eigenvalue weighted by Gasteiger charge is -2.09. The highest BCUT2D eigenvalue weighted by molar-refractivity contribution is 7.93. The van der Waals surface area contributed by atoms with Crippen molar-refractivity contribution < 1.29 is 27.5 Å². The van der Waals surface area contributed by atoms with Gasteiger partial charge in [0.05, 0.1) is 16.2 Å². The Morgan fingerprint density at radius 2 is 2.04 bits per heavy atom. The van der Waals surface area contributed by atoms with Gasteiger partial charge >= 0.3 is 5.97 Å². The fraction of sp³-hybridized carbons (Fsp3) is 0.250. The van der Waals surface area contributed by atoms with Crippen LogP contribution in [0.5, 0.6) is 0 Å². The van der Waals surface area contributed by atoms with E-state index in [0.717, 1.165) is 23.5 Å². The molecule has 0 aliphatic heterocycles. The number of amidine groups is 1. The second-order valence-electron chi connectivity index (χ2n) is 5.79. The molecule has 0 bridgehead atoms. The molecule has 0 saturated heterocycles. The Labute approximate surface area is 164 Å². The Bertz CT molecular complexity index is 1020. The number of carbonyl (C=O) groups excluding carboxylic acids is 1. The molecule has 1 aromatic carbocycles. The van der Waals surface area contributed by atoms with Gasteiger partial charge in [-0.05, 0) is 24.1 Å². The second kappa shape index (κ2) is 8.89. The number of nitrogens with one attached hydrogen (secondary N) is 2. The SMILES string of the molecule is N=C(N)CCCC(=O)Cc1ccc(S(=O)(=O)Nc2scnc2C(=O)O)cc1F. The average Bonchev–Trinajstić information content (AvgIpc) is 3.04. The van der Waals surface area contributed by atoms with E-state index in [1.54, 1.807) is 0 Å². The second-order valence-corrected chi connectivity index (χ2v) is 8.33. The Balaban J connectivity index is 2.12. The molecule has 150 valence electrons. The summed E-state index contributed by atoms with van der Waals surface area (Å²) < 4.78 is 41.1. The van der Waals surface area contributed by atoms with Crippen molar-refractivity contribution in [3.05, 3.63) is 40.8 Å². The molecule has 2 aromatic rings. The molecule has 0 fully saturated rings. The molecule has 28 heavy (non-hydrogen) atoms. The van der Waals surface area contributed by atoms with E-state index in [1.807, 2.05) is 0 Å². The van der Waals surface area contributed by atoms with Crippen LogP contribution in [0.1, 0.15) is 35.3 Å². The minimum Gasteiger partial charge on any atom is -0.476 e. The maximum absolute atomic E-state index is 14.3. The number of sulfonamides is 1. The number of thiazole rings is 1. The van der Waals surface area contributed by atoms with Crippen LogP contribution < -0.4 is 10.5 Å². The van der Waals surface area contributed by atoms with E-state index in [9.17, 15) is 22.4 Å². The lowest BCUT2D eigenvalue weighted by Crippen LogP contribution is -2.15. The summed E-state index contributed by atoms with van der Waals surface area (Å²) in [7, 11) is -4.24. The van der Waals surface area contributed by atoms with Gasteiger partial charge in [0.15, 0.2) is 5.69 Å². The van der Waals surface area contributed by atoms with Crippen molar-refractivity contribution in [1.82, 2.24) is 4.98 Å². The fourth-order valence-corrected chi connectivity index (χ4v) is 4.27. The minimum atomic E-state index is -4.24. The standard InChI is InChI=1S/C16H17FN4O5S2/c17-12-7-11(5-4-9(12)6-10(22)2-1-3-13(18)19)28(25,26)21-15-14(16(23)24)20-8-27-15/h4-5,7-8,21H,1-3,6H2,(H3,18,19)(H,23,24). The van der Waals surface area contributed by atoms with E-state index < -0.39 is 32.4 Å². The molecular weight excluding hydrogens is 411 g/mol. The molecule has 2 rings (SSSR count). The Morgan fingerprint density at radius 3 is 2.64 bits per heavy atom. The van der Waals surface area contributed by atoms with Crippen LogP contribution in [0, 0.1) is 11.2 Å². The summed E-state index contributed by atoms with van der Waals surface area (Å²) in [6.07, 6.45) is 0.569. The van der Waals surface area contributed by atoms with Gasteiger partial charge in [-0.25, -0.2) is 22.6 Å². The third-order valence-corrected chi connectivity index (χ3v) is 5.84. The summed E-state index contributed by atoms with van der Waals surface area (Å²) in [5.74, 6) is -2.56. The van der Waals surface area contributed by atoms with Gasteiger partial charge in [-0.2, -0.15) is 0 Å². The van der Waals surface area contributed by atoms with Crippen LogP contribution in [0.3, 0.4) is 0 Å². The minimum absolute atomic E-state index is 0.0342. The van der Waals surface area contributed by atoms with Crippen molar-refractivity contribution >= 4 is 43.9 Å². The Hall–Kier alpha value is -2.86. The normalized spacial score (nSPS) is 11.2. The molecule has 1 heterocycles. The highest BCUT2D eigenvalue weighted by Crippen LogP contribution is 2.25. The largest absolute Gasteiger partial charge is 0.476 e. The van der Waals surface area contributed by atoms with E-state index in [1.165, 1.54) is 11.6 Å². The van der Waals surface area contributed by atoms with Crippen molar-refractivity contribution in [1.29, 1.82) is 5.41 Å². The number of halogens is 1. The number of carbonyl (C=O) groups is 2. The average molecular weight is 428 g/mol. The lowest BCUT2D eigenvalue weighted by molar-refractivity contribution is -0.118. The summed E-state index contributed by atoms with van der Waals surface area (Å²) in [5.41, 5.74) is 5.95. The summed E-state index contributed by atoms with van der Waals surface area (Å²) in [6, 6.07) is 3.09. The van der Waals surface area contributed by atoms with Gasteiger partial charge in [0.1, 0.15) is 16.6 Å². The van der Waals surface area contributed by atoms with Crippen LogP contribution in [0.15, 0.2) is 28.6 Å². The third-order valence-electron chi connectivity index (χ3n) is 3.62. The van der Waals surface area contributed by atoms with Crippen LogP contribution in [0.4, 0.5) is 9.39 Å². The fourth-order valence-electron chi connectivity index (χ4n) is 2.27. The van der Waals surface area contributed by atoms with Crippen molar-refractivity contribution in [2.24, 2.45) is 5.73 Å². The summed E-state index contributed by atoms with van der Waals surface area (Å²) in [6.45, 7) is 0. The zero-order valence-corrected chi connectivity index (χ0v) is 16.1. The quantitative estimate of drug-likeness (QED) is 0.332. The van der Waals surface area contributed by atoms with Crippen LogP contribution in [0.25, 0.3) is 0 Å². The number of nitrogens with two attached hydrogens (primary N) is 1. The highest BCUT2D eigenvalue weighted by atomic mass is 32.2. The van der Waals surface area contributed by atoms with Gasteiger partial charge in [-0.3, -0.25) is 14.9 Å². The number of aromatic nitrogens is 1. The predicted molar refractivity (Wildman–Crippen MR) is 101 cm³/mol. The number of ketones is 1. The van der Waals surface area contributed by atoms with E-state index in [0.29, 0.717) is 6.42 Å². The maximum Gasteiger partial charge on any atom is 0.357 e. The monoisotopic (exact) mass is 428 g/mol. The number of nitrogens with zero attached hydrogens (tertiary/aromatic N) is 1. The van der Waals surface area contributed by atoms with E-state index in [4.69, 9.17) is 16.2 Å². The Morgan fingerprint density at radius 1 is 1.32 bits per heavy atom. The van der Waals surface area contributed by atoms with Crippen LogP contribution in [-0.2, 0) is 21.2 Å². The topological polar surface area (TPSA) is 163 Å². The zero-order valence-electron chi connectivity index (χ0n) is 14.4. The first-order chi connectivity index (χ1) is 13.1. The number of anilines is 1. The molecule has 0 atom stereocenters. The van der Waals surface area contributed by atoms with Crippen molar-refractivity contribution in [2.75, 3.05) is 4.72 Å². The number of hydrogen-bond donors (Lipinski definition) is 4. The smallest absolute Gasteiger partial charge is 0.357 e. The number of carboxylic acids is 1. The lowest BCUT2D eigenvalue weighted by atomic mass is 10.0. The molecule has 0 aliphatic rings. The molecule has 0 spiro atoms. The molecule has 0 saturated carbocycles. The number of Topliss-reactive ketones (excluding diaryl/α,β-unsaturated/α-hetero) is 1. The first-order valence-corrected chi connectivity index (χ1v) is 10.3. The predicted octanol–water partition coefficient (Wildman–Crippen LogP) is 2.00. The van der Waals surface area contributed by atoms with Crippen LogP contribution in [-0.4, -0.2) is 36.1 Å². The van der Waals surface area contributed by atoms with Gasteiger partial charge in [-0.1, -0.05) is 6.07 Å². The molecule has 1 aromatic heterocycles. The van der Waals surface area contributed by atoms with E-state index >= 15 is 0 Å². The third kappa shape index (κ3) is 5.57. The molecule has 0 aliphatic carbocycles. The molecule has 0 unspecified atom stereocenters. The van der Waals surface area contributed by atoms with Gasteiger partial charge in [-0.15, -0.1) is 11.3 Å². The van der Waals surface area contributed by atoms with Crippen LogP contribution in [0.2, 0.25) is 0 Å². The number of aromatic carboxylic acids is 1. The van der Waals surface area contributed by atoms with E-state index in [2.05, 4.69) is 9.71 Å². The summed E-state index contributed by atoms with van der Waals surface area (Å²) >= 11 is 0.780. The highest BCUT2D eigenvalue weighted by Gasteiger charge is 2.22. The molecule has 9 nitrogen and oxygen atoms in total. The first kappa shape index (κ1) is 21.4. The van der Waals surface area contributed by atoms with Gasteiger partial charge in [0.25, 0.3) is 10.0 Å². The number of carboxylic acid groups (broad SMARTS) is 1. The van der Waals surface area contributed by atoms with E-state index in [-0.39, 0.29) is 41.4 Å². The summed E-state index contributed by atoms with van der Waals surface area (Å²) in [5, 5.41) is 15.9. The zero-order chi connectivity index (χ0) is 20.9. The molecule has 12 heteroatoms. The van der Waals surface area contributed by atoms with Gasteiger partial charge < -0.3 is 10.8 Å². The number of rotatable bonds is 10. The first-order valence-electron chi connectivity index (χ1n) is 7.92. The number of benzene rings is 1. The Kier molecular flexibility index (Phi) is 6.80. The molecule has 5 N–H and O–H groups in total. The number of hydrogen-bond acceptors (Lipinski definition) is 7. The molecule has 0 amide bonds. The van der Waals surface area contributed by atoms with Crippen LogP contribution >= 0.6 is 11.3 Å². The van der Waals surface area contributed by atoms with Crippen molar-refractivity contribution in [3.63, 3.8) is 0 Å². The summed E-state index contributed by atoms with van der Waals surface area (Å²) in [4.78, 5) is 26.0. The molecule has 0 radical (unpaired) electrons.